The molecular weight excluding hydrogens is 412 g/mol. The molecule has 0 amide bonds. The molecule has 4 heterocycles. The Bertz CT molecular complexity index is 1210. The van der Waals surface area contributed by atoms with Crippen LogP contribution in [0.5, 0.6) is 0 Å². The van der Waals surface area contributed by atoms with Crippen LogP contribution in [0.2, 0.25) is 0 Å². The molecule has 0 aliphatic carbocycles. The third-order valence-corrected chi connectivity index (χ3v) is 5.05. The molecule has 0 atom stereocenters. The zero-order valence-corrected chi connectivity index (χ0v) is 16.7. The van der Waals surface area contributed by atoms with Crippen LogP contribution in [-0.2, 0) is 0 Å². The quantitative estimate of drug-likeness (QED) is 0.732. The molecule has 0 radical (unpaired) electrons. The second kappa shape index (κ2) is 7.80. The Morgan fingerprint density at radius 2 is 2.17 bits per heavy atom. The van der Waals surface area contributed by atoms with E-state index in [1.54, 1.807) is 19.1 Å². The van der Waals surface area contributed by atoms with Crippen molar-refractivity contribution in [1.29, 1.82) is 5.26 Å². The van der Waals surface area contributed by atoms with Crippen molar-refractivity contribution in [3.63, 3.8) is 0 Å². The van der Waals surface area contributed by atoms with Crippen LogP contribution in [0.15, 0.2) is 39.6 Å². The Hall–Kier alpha value is -3.38. The summed E-state index contributed by atoms with van der Waals surface area (Å²) < 4.78 is 28.3. The standard InChI is InChI=1S/C20H16ClF2N7/c1-3-25-15-7-12(21)10-26-16(15)8-13-11(2)27-19-14(9-24)17(18(22)23)28-30(19)20(13)29-5-4-6-29/h3,7-8,10,18H,1,4-6H2,2H3/b16-8-,25-15?. The van der Waals surface area contributed by atoms with Gasteiger partial charge >= 0.3 is 0 Å². The number of aliphatic imine (C=N–C) groups is 2. The Balaban J connectivity index is 2.00. The molecule has 0 N–H and O–H groups in total. The van der Waals surface area contributed by atoms with Gasteiger partial charge in [0.05, 0.1) is 22.1 Å². The number of nitriles is 1. The maximum Gasteiger partial charge on any atom is 0.283 e. The lowest BCUT2D eigenvalue weighted by molar-refractivity contribution is 0.145. The molecule has 0 aromatic carbocycles. The summed E-state index contributed by atoms with van der Waals surface area (Å²) in [6.45, 7) is 6.84. The van der Waals surface area contributed by atoms with Gasteiger partial charge < -0.3 is 4.90 Å². The first kappa shape index (κ1) is 19.9. The second-order valence-electron chi connectivity index (χ2n) is 6.70. The van der Waals surface area contributed by atoms with Crippen molar-refractivity contribution in [2.45, 2.75) is 19.8 Å². The van der Waals surface area contributed by atoms with Crippen molar-refractivity contribution in [3.8, 4) is 6.07 Å². The van der Waals surface area contributed by atoms with Gasteiger partial charge in [-0.2, -0.15) is 14.9 Å². The fourth-order valence-electron chi connectivity index (χ4n) is 3.32. The van der Waals surface area contributed by atoms with E-state index in [1.807, 2.05) is 11.0 Å². The number of nitrogens with zero attached hydrogens (tertiary/aromatic N) is 7. The molecule has 4 rings (SSSR count). The molecule has 152 valence electrons. The van der Waals surface area contributed by atoms with E-state index in [4.69, 9.17) is 11.6 Å². The number of aromatic nitrogens is 3. The number of hydrogen-bond donors (Lipinski definition) is 0. The number of alkyl halides is 2. The van der Waals surface area contributed by atoms with Crippen molar-refractivity contribution in [1.82, 2.24) is 14.6 Å². The van der Waals surface area contributed by atoms with Crippen molar-refractivity contribution < 1.29 is 8.78 Å². The van der Waals surface area contributed by atoms with E-state index in [1.165, 1.54) is 16.9 Å². The first-order chi connectivity index (χ1) is 14.4. The van der Waals surface area contributed by atoms with Crippen molar-refractivity contribution in [2.24, 2.45) is 9.98 Å². The molecule has 0 saturated carbocycles. The zero-order chi connectivity index (χ0) is 21.4. The highest BCUT2D eigenvalue weighted by atomic mass is 35.5. The van der Waals surface area contributed by atoms with Crippen molar-refractivity contribution in [3.05, 3.63) is 52.1 Å². The van der Waals surface area contributed by atoms with Crippen LogP contribution in [0.25, 0.3) is 11.7 Å². The third kappa shape index (κ3) is 3.29. The van der Waals surface area contributed by atoms with Gasteiger partial charge in [-0.05, 0) is 25.5 Å². The maximum atomic E-state index is 13.5. The van der Waals surface area contributed by atoms with Gasteiger partial charge in [-0.3, -0.25) is 9.98 Å². The molecule has 0 spiro atoms. The fourth-order valence-corrected chi connectivity index (χ4v) is 3.47. The zero-order valence-electron chi connectivity index (χ0n) is 16.0. The summed E-state index contributed by atoms with van der Waals surface area (Å²) >= 11 is 6.04. The molecule has 2 aliphatic rings. The summed E-state index contributed by atoms with van der Waals surface area (Å²) in [5.41, 5.74) is 1.58. The number of rotatable bonds is 4. The van der Waals surface area contributed by atoms with Crippen LogP contribution >= 0.6 is 11.6 Å². The van der Waals surface area contributed by atoms with Crippen LogP contribution in [0.4, 0.5) is 14.6 Å². The number of fused-ring (bicyclic) bond motifs is 1. The predicted molar refractivity (Wildman–Crippen MR) is 112 cm³/mol. The van der Waals surface area contributed by atoms with E-state index in [-0.39, 0.29) is 11.2 Å². The van der Waals surface area contributed by atoms with Gasteiger partial charge in [-0.1, -0.05) is 18.2 Å². The summed E-state index contributed by atoms with van der Waals surface area (Å²) in [7, 11) is 0. The van der Waals surface area contributed by atoms with Crippen LogP contribution in [-0.4, -0.2) is 39.6 Å². The number of allylic oxidation sites excluding steroid dienone is 2. The number of aryl methyl sites for hydroxylation is 1. The van der Waals surface area contributed by atoms with E-state index < -0.39 is 12.1 Å². The molecule has 1 saturated heterocycles. The minimum Gasteiger partial charge on any atom is -0.356 e. The topological polar surface area (TPSA) is 81.9 Å². The smallest absolute Gasteiger partial charge is 0.283 e. The van der Waals surface area contributed by atoms with Crippen molar-refractivity contribution >= 4 is 41.1 Å². The van der Waals surface area contributed by atoms with Gasteiger partial charge in [-0.15, -0.1) is 0 Å². The van der Waals surface area contributed by atoms with Crippen LogP contribution < -0.4 is 4.90 Å². The van der Waals surface area contributed by atoms with Crippen molar-refractivity contribution in [2.75, 3.05) is 18.0 Å². The summed E-state index contributed by atoms with van der Waals surface area (Å²) in [4.78, 5) is 15.0. The Morgan fingerprint density at radius 1 is 1.40 bits per heavy atom. The lowest BCUT2D eigenvalue weighted by Crippen LogP contribution is -2.39. The molecular formula is C20H16ClF2N7. The van der Waals surface area contributed by atoms with E-state index in [0.29, 0.717) is 33.5 Å². The van der Waals surface area contributed by atoms with Gasteiger partial charge in [0.1, 0.15) is 23.1 Å². The third-order valence-electron chi connectivity index (χ3n) is 4.84. The molecule has 2 aliphatic heterocycles. The number of hydrogen-bond acceptors (Lipinski definition) is 6. The molecule has 7 nitrogen and oxygen atoms in total. The lowest BCUT2D eigenvalue weighted by Gasteiger charge is -2.34. The van der Waals surface area contributed by atoms with E-state index in [2.05, 4.69) is 26.6 Å². The Morgan fingerprint density at radius 3 is 2.77 bits per heavy atom. The van der Waals surface area contributed by atoms with Crippen LogP contribution in [0.1, 0.15) is 35.4 Å². The number of halogens is 3. The Kier molecular flexibility index (Phi) is 5.18. The van der Waals surface area contributed by atoms with Gasteiger partial charge in [0.2, 0.25) is 0 Å². The number of dihydropyridines is 1. The highest BCUT2D eigenvalue weighted by Crippen LogP contribution is 2.34. The Labute approximate surface area is 176 Å². The summed E-state index contributed by atoms with van der Waals surface area (Å²) in [6.07, 6.45) is 4.39. The normalized spacial score (nSPS) is 18.8. The summed E-state index contributed by atoms with van der Waals surface area (Å²) in [5, 5.41) is 13.9. The average molecular weight is 428 g/mol. The second-order valence-corrected chi connectivity index (χ2v) is 7.13. The predicted octanol–water partition coefficient (Wildman–Crippen LogP) is 4.19. The number of anilines is 1. The maximum absolute atomic E-state index is 13.5. The van der Waals surface area contributed by atoms with Gasteiger partial charge in [0, 0.05) is 31.1 Å². The molecule has 2 aromatic rings. The molecule has 1 fully saturated rings. The highest BCUT2D eigenvalue weighted by Gasteiger charge is 2.29. The average Bonchev–Trinajstić information content (AvgIpc) is 3.03. The monoisotopic (exact) mass is 427 g/mol. The summed E-state index contributed by atoms with van der Waals surface area (Å²) in [5.74, 6) is 0.591. The van der Waals surface area contributed by atoms with Crippen LogP contribution in [0, 0.1) is 18.3 Å². The van der Waals surface area contributed by atoms with Gasteiger partial charge in [-0.25, -0.2) is 13.8 Å². The van der Waals surface area contributed by atoms with E-state index in [9.17, 15) is 14.0 Å². The largest absolute Gasteiger partial charge is 0.356 e. The molecule has 30 heavy (non-hydrogen) atoms. The fraction of sp³-hybridized carbons (Fsp3) is 0.250. The minimum absolute atomic E-state index is 0.115. The highest BCUT2D eigenvalue weighted by molar-refractivity contribution is 6.42. The first-order valence-corrected chi connectivity index (χ1v) is 9.50. The van der Waals surface area contributed by atoms with E-state index >= 15 is 0 Å². The van der Waals surface area contributed by atoms with Gasteiger partial charge in [0.25, 0.3) is 6.43 Å². The minimum atomic E-state index is -2.88. The lowest BCUT2D eigenvalue weighted by atomic mass is 10.1. The summed E-state index contributed by atoms with van der Waals surface area (Å²) in [6, 6.07) is 1.82. The molecule has 0 unspecified atom stereocenters. The molecule has 10 heteroatoms. The SMILES string of the molecule is C=CN=C1C=C(Cl)C=N/C1=C\c1c(C)nc2c(C#N)c(C(F)F)nn2c1N1CCC1. The molecule has 2 aromatic heterocycles. The first-order valence-electron chi connectivity index (χ1n) is 9.13. The van der Waals surface area contributed by atoms with E-state index in [0.717, 1.165) is 19.5 Å². The van der Waals surface area contributed by atoms with Gasteiger partial charge in [0.15, 0.2) is 5.65 Å². The molecule has 0 bridgehead atoms. The van der Waals surface area contributed by atoms with Crippen LogP contribution in [0.3, 0.4) is 0 Å².